The lowest BCUT2D eigenvalue weighted by atomic mass is 10.2. The third kappa shape index (κ3) is 5.72. The zero-order valence-electron chi connectivity index (χ0n) is 16.0. The van der Waals surface area contributed by atoms with E-state index < -0.39 is 28.5 Å². The van der Waals surface area contributed by atoms with Crippen LogP contribution in [0.3, 0.4) is 0 Å². The summed E-state index contributed by atoms with van der Waals surface area (Å²) in [5, 5.41) is 0.518. The monoisotopic (exact) mass is 470 g/mol. The van der Waals surface area contributed by atoms with E-state index in [9.17, 15) is 18.0 Å². The summed E-state index contributed by atoms with van der Waals surface area (Å²) in [5.41, 5.74) is 0.828. The van der Waals surface area contributed by atoms with Gasteiger partial charge in [0.1, 0.15) is 0 Å². The molecule has 1 saturated heterocycles. The van der Waals surface area contributed by atoms with Gasteiger partial charge in [-0.25, -0.2) is 13.2 Å². The molecule has 30 heavy (non-hydrogen) atoms. The van der Waals surface area contributed by atoms with Gasteiger partial charge in [0.25, 0.3) is 5.91 Å². The second-order valence-corrected chi connectivity index (χ2v) is 9.53. The van der Waals surface area contributed by atoms with Crippen molar-refractivity contribution in [1.29, 1.82) is 0 Å². The van der Waals surface area contributed by atoms with Crippen LogP contribution < -0.4 is 0 Å². The molecule has 0 radical (unpaired) electrons. The van der Waals surface area contributed by atoms with Crippen molar-refractivity contribution in [3.63, 3.8) is 0 Å². The molecule has 160 valence electrons. The topological polar surface area (TPSA) is 84.0 Å². The SMILES string of the molecule is O=C(OCC(=O)N1CCN(S(=O)(=O)Cc2ccccc2)CC1)c1ccc(Cl)cc1Cl. The average Bonchev–Trinajstić information content (AvgIpc) is 2.72. The standard InChI is InChI=1S/C20H20Cl2N2O5S/c21-16-6-7-17(18(22)12-16)20(26)29-13-19(25)23-8-10-24(11-9-23)30(27,28)14-15-4-2-1-3-5-15/h1-7,12H,8-11,13-14H2. The van der Waals surface area contributed by atoms with Gasteiger partial charge >= 0.3 is 5.97 Å². The maximum Gasteiger partial charge on any atom is 0.340 e. The lowest BCUT2D eigenvalue weighted by molar-refractivity contribution is -0.135. The first kappa shape index (κ1) is 22.6. The van der Waals surface area contributed by atoms with Crippen molar-refractivity contribution in [3.8, 4) is 0 Å². The van der Waals surface area contributed by atoms with Gasteiger partial charge in [0.2, 0.25) is 10.0 Å². The zero-order valence-corrected chi connectivity index (χ0v) is 18.3. The molecule has 1 aliphatic heterocycles. The Morgan fingerprint density at radius 2 is 1.63 bits per heavy atom. The van der Waals surface area contributed by atoms with Gasteiger partial charge in [-0.1, -0.05) is 53.5 Å². The number of ether oxygens (including phenoxy) is 1. The van der Waals surface area contributed by atoms with Crippen LogP contribution >= 0.6 is 23.2 Å². The highest BCUT2D eigenvalue weighted by molar-refractivity contribution is 7.88. The molecule has 0 bridgehead atoms. The van der Waals surface area contributed by atoms with E-state index in [-0.39, 0.29) is 42.5 Å². The summed E-state index contributed by atoms with van der Waals surface area (Å²) >= 11 is 11.8. The lowest BCUT2D eigenvalue weighted by Crippen LogP contribution is -2.51. The highest BCUT2D eigenvalue weighted by Gasteiger charge is 2.29. The van der Waals surface area contributed by atoms with Gasteiger partial charge in [0.15, 0.2) is 6.61 Å². The zero-order chi connectivity index (χ0) is 21.7. The van der Waals surface area contributed by atoms with Crippen molar-refractivity contribution in [1.82, 2.24) is 9.21 Å². The van der Waals surface area contributed by atoms with Crippen LogP contribution in [0.5, 0.6) is 0 Å². The van der Waals surface area contributed by atoms with Crippen LogP contribution in [0, 0.1) is 0 Å². The number of carbonyl (C=O) groups excluding carboxylic acids is 2. The number of hydrogen-bond acceptors (Lipinski definition) is 5. The molecule has 0 atom stereocenters. The fourth-order valence-corrected chi connectivity index (χ4v) is 5.04. The second kappa shape index (κ2) is 9.78. The predicted molar refractivity (Wildman–Crippen MR) is 114 cm³/mol. The van der Waals surface area contributed by atoms with Crippen LogP contribution in [0.2, 0.25) is 10.0 Å². The number of halogens is 2. The summed E-state index contributed by atoms with van der Waals surface area (Å²) in [6.07, 6.45) is 0. The Hall–Kier alpha value is -2.13. The molecule has 1 fully saturated rings. The number of piperazine rings is 1. The van der Waals surface area contributed by atoms with E-state index in [4.69, 9.17) is 27.9 Å². The molecule has 0 N–H and O–H groups in total. The normalized spacial score (nSPS) is 15.1. The predicted octanol–water partition coefficient (Wildman–Crippen LogP) is 2.82. The summed E-state index contributed by atoms with van der Waals surface area (Å²) in [5.74, 6) is -1.20. The molecule has 1 amide bonds. The Balaban J connectivity index is 1.49. The number of sulfonamides is 1. The van der Waals surface area contributed by atoms with Crippen molar-refractivity contribution >= 4 is 45.1 Å². The van der Waals surface area contributed by atoms with E-state index in [2.05, 4.69) is 0 Å². The highest BCUT2D eigenvalue weighted by atomic mass is 35.5. The largest absolute Gasteiger partial charge is 0.452 e. The number of carbonyl (C=O) groups is 2. The number of esters is 1. The maximum absolute atomic E-state index is 12.6. The number of benzene rings is 2. The third-order valence-corrected chi connectivity index (χ3v) is 7.05. The fraction of sp³-hybridized carbons (Fsp3) is 0.300. The van der Waals surface area contributed by atoms with Gasteiger partial charge in [0.05, 0.1) is 16.3 Å². The number of hydrogen-bond donors (Lipinski definition) is 0. The molecular weight excluding hydrogens is 451 g/mol. The molecule has 3 rings (SSSR count). The van der Waals surface area contributed by atoms with E-state index in [1.165, 1.54) is 27.4 Å². The van der Waals surface area contributed by atoms with Crippen LogP contribution in [-0.4, -0.2) is 62.3 Å². The first-order chi connectivity index (χ1) is 14.3. The second-order valence-electron chi connectivity index (χ2n) is 6.72. The molecule has 0 aromatic heterocycles. The molecule has 0 spiro atoms. The van der Waals surface area contributed by atoms with E-state index in [0.29, 0.717) is 10.6 Å². The molecule has 7 nitrogen and oxygen atoms in total. The van der Waals surface area contributed by atoms with E-state index >= 15 is 0 Å². The van der Waals surface area contributed by atoms with Crippen LogP contribution in [-0.2, 0) is 25.3 Å². The summed E-state index contributed by atoms with van der Waals surface area (Å²) in [7, 11) is -3.47. The van der Waals surface area contributed by atoms with E-state index in [1.807, 2.05) is 6.07 Å². The van der Waals surface area contributed by atoms with Crippen molar-refractivity contribution in [2.45, 2.75) is 5.75 Å². The fourth-order valence-electron chi connectivity index (χ4n) is 3.04. The van der Waals surface area contributed by atoms with E-state index in [0.717, 1.165) is 0 Å². The summed E-state index contributed by atoms with van der Waals surface area (Å²) in [6, 6.07) is 13.3. The third-order valence-electron chi connectivity index (χ3n) is 4.65. The Bertz CT molecular complexity index is 1020. The first-order valence-corrected chi connectivity index (χ1v) is 11.5. The molecule has 2 aromatic carbocycles. The Kier molecular flexibility index (Phi) is 7.36. The minimum atomic E-state index is -3.47. The minimum absolute atomic E-state index is 0.0821. The minimum Gasteiger partial charge on any atom is -0.452 e. The lowest BCUT2D eigenvalue weighted by Gasteiger charge is -2.33. The van der Waals surface area contributed by atoms with Crippen molar-refractivity contribution in [2.75, 3.05) is 32.8 Å². The van der Waals surface area contributed by atoms with Gasteiger partial charge in [-0.3, -0.25) is 4.79 Å². The Morgan fingerprint density at radius 3 is 2.27 bits per heavy atom. The molecule has 0 saturated carbocycles. The van der Waals surface area contributed by atoms with Crippen LogP contribution in [0.15, 0.2) is 48.5 Å². The van der Waals surface area contributed by atoms with Gasteiger partial charge in [-0.05, 0) is 23.8 Å². The van der Waals surface area contributed by atoms with Crippen molar-refractivity contribution in [2.24, 2.45) is 0 Å². The smallest absolute Gasteiger partial charge is 0.340 e. The molecule has 2 aromatic rings. The average molecular weight is 471 g/mol. The van der Waals surface area contributed by atoms with Crippen LogP contribution in [0.25, 0.3) is 0 Å². The highest BCUT2D eigenvalue weighted by Crippen LogP contribution is 2.21. The van der Waals surface area contributed by atoms with Gasteiger partial charge < -0.3 is 9.64 Å². The first-order valence-electron chi connectivity index (χ1n) is 9.18. The molecule has 10 heteroatoms. The summed E-state index contributed by atoms with van der Waals surface area (Å²) in [6.45, 7) is 0.391. The summed E-state index contributed by atoms with van der Waals surface area (Å²) in [4.78, 5) is 25.9. The summed E-state index contributed by atoms with van der Waals surface area (Å²) < 4.78 is 31.6. The van der Waals surface area contributed by atoms with Crippen molar-refractivity contribution in [3.05, 3.63) is 69.7 Å². The Labute approximate surface area is 185 Å². The van der Waals surface area contributed by atoms with Crippen molar-refractivity contribution < 1.29 is 22.7 Å². The maximum atomic E-state index is 12.6. The molecular formula is C20H20Cl2N2O5S. The van der Waals surface area contributed by atoms with E-state index in [1.54, 1.807) is 24.3 Å². The van der Waals surface area contributed by atoms with Gasteiger partial charge in [-0.2, -0.15) is 4.31 Å². The van der Waals surface area contributed by atoms with Gasteiger partial charge in [-0.15, -0.1) is 0 Å². The van der Waals surface area contributed by atoms with Crippen LogP contribution in [0.4, 0.5) is 0 Å². The molecule has 0 aliphatic carbocycles. The van der Waals surface area contributed by atoms with Gasteiger partial charge in [0, 0.05) is 31.2 Å². The number of nitrogens with zero attached hydrogens (tertiary/aromatic N) is 2. The number of rotatable bonds is 6. The molecule has 1 heterocycles. The number of amides is 1. The molecule has 1 aliphatic rings. The quantitative estimate of drug-likeness (QED) is 0.606. The van der Waals surface area contributed by atoms with Crippen LogP contribution in [0.1, 0.15) is 15.9 Å². The Morgan fingerprint density at radius 1 is 0.967 bits per heavy atom. The molecule has 0 unspecified atom stereocenters.